The van der Waals surface area contributed by atoms with E-state index in [2.05, 4.69) is 5.32 Å². The number of methoxy groups -OCH3 is 1. The van der Waals surface area contributed by atoms with Gasteiger partial charge in [-0.2, -0.15) is 0 Å². The highest BCUT2D eigenvalue weighted by atomic mass is 32.1. The van der Waals surface area contributed by atoms with Crippen LogP contribution in [0.15, 0.2) is 60.0 Å². The minimum atomic E-state index is -0.352. The second-order valence-corrected chi connectivity index (χ2v) is 9.45. The molecule has 0 saturated carbocycles. The minimum absolute atomic E-state index is 0.0730. The number of nitrogens with zero attached hydrogens (tertiary/aromatic N) is 2. The summed E-state index contributed by atoms with van der Waals surface area (Å²) in [5.74, 6) is 0.131. The Morgan fingerprint density at radius 2 is 1.86 bits per heavy atom. The Hall–Kier alpha value is -3.39. The van der Waals surface area contributed by atoms with Crippen LogP contribution >= 0.6 is 11.3 Å². The van der Waals surface area contributed by atoms with Crippen LogP contribution in [-0.4, -0.2) is 41.4 Å². The molecule has 1 N–H and O–H groups in total. The molecule has 3 amide bonds. The molecule has 0 spiro atoms. The zero-order valence-electron chi connectivity index (χ0n) is 20.6. The van der Waals surface area contributed by atoms with E-state index in [9.17, 15) is 14.0 Å². The number of halogens is 1. The van der Waals surface area contributed by atoms with Crippen LogP contribution in [-0.2, 0) is 17.9 Å². The van der Waals surface area contributed by atoms with Crippen LogP contribution in [0.25, 0.3) is 0 Å². The van der Waals surface area contributed by atoms with Gasteiger partial charge in [-0.05, 0) is 67.1 Å². The highest BCUT2D eigenvalue weighted by Gasteiger charge is 2.26. The monoisotopic (exact) mass is 497 g/mol. The summed E-state index contributed by atoms with van der Waals surface area (Å²) in [5.41, 5.74) is 2.53. The van der Waals surface area contributed by atoms with Crippen molar-refractivity contribution >= 4 is 29.0 Å². The zero-order chi connectivity index (χ0) is 25.4. The maximum absolute atomic E-state index is 13.6. The number of rotatable bonds is 10. The summed E-state index contributed by atoms with van der Waals surface area (Å²) in [5, 5.41) is 4.88. The van der Waals surface area contributed by atoms with Gasteiger partial charge in [0.15, 0.2) is 0 Å². The first-order valence-corrected chi connectivity index (χ1v) is 12.5. The first-order valence-electron chi connectivity index (χ1n) is 11.6. The SMILES string of the molecule is CCC(C)N(CC(=O)N(Cc1ccc(F)cc1)Cc1sccc1C)C(=O)Nc1cccc(OC)c1. The van der Waals surface area contributed by atoms with Crippen LogP contribution in [0.3, 0.4) is 0 Å². The van der Waals surface area contributed by atoms with Gasteiger partial charge in [0.25, 0.3) is 0 Å². The lowest BCUT2D eigenvalue weighted by Crippen LogP contribution is -2.47. The fourth-order valence-electron chi connectivity index (χ4n) is 3.57. The van der Waals surface area contributed by atoms with Gasteiger partial charge >= 0.3 is 6.03 Å². The lowest BCUT2D eigenvalue weighted by atomic mass is 10.2. The second-order valence-electron chi connectivity index (χ2n) is 8.45. The molecule has 35 heavy (non-hydrogen) atoms. The van der Waals surface area contributed by atoms with Gasteiger partial charge in [-0.25, -0.2) is 9.18 Å². The molecule has 1 atom stereocenters. The molecule has 3 rings (SSSR count). The van der Waals surface area contributed by atoms with E-state index in [1.54, 1.807) is 64.6 Å². The Labute approximate surface area is 210 Å². The molecule has 186 valence electrons. The van der Waals surface area contributed by atoms with Crippen LogP contribution in [0.1, 0.15) is 36.3 Å². The van der Waals surface area contributed by atoms with Gasteiger partial charge in [0, 0.05) is 29.2 Å². The van der Waals surface area contributed by atoms with Crippen molar-refractivity contribution in [2.45, 2.75) is 46.3 Å². The molecule has 2 aromatic carbocycles. The molecular formula is C27H32FN3O3S. The van der Waals surface area contributed by atoms with E-state index in [0.29, 0.717) is 30.9 Å². The Morgan fingerprint density at radius 1 is 1.11 bits per heavy atom. The number of anilines is 1. The molecule has 8 heteroatoms. The van der Waals surface area contributed by atoms with E-state index in [0.717, 1.165) is 16.0 Å². The molecule has 1 heterocycles. The maximum atomic E-state index is 13.6. The molecule has 0 saturated heterocycles. The largest absolute Gasteiger partial charge is 0.497 e. The van der Waals surface area contributed by atoms with Crippen LogP contribution < -0.4 is 10.1 Å². The molecular weight excluding hydrogens is 465 g/mol. The first-order chi connectivity index (χ1) is 16.8. The van der Waals surface area contributed by atoms with E-state index >= 15 is 0 Å². The maximum Gasteiger partial charge on any atom is 0.322 e. The normalized spacial score (nSPS) is 11.6. The number of carbonyl (C=O) groups is 2. The van der Waals surface area contributed by atoms with Crippen molar-refractivity contribution in [1.29, 1.82) is 0 Å². The van der Waals surface area contributed by atoms with E-state index in [4.69, 9.17) is 4.74 Å². The Bertz CT molecular complexity index is 1130. The van der Waals surface area contributed by atoms with Crippen molar-refractivity contribution in [3.8, 4) is 5.75 Å². The molecule has 6 nitrogen and oxygen atoms in total. The highest BCUT2D eigenvalue weighted by molar-refractivity contribution is 7.10. The number of amides is 3. The summed E-state index contributed by atoms with van der Waals surface area (Å²) < 4.78 is 18.7. The number of nitrogens with one attached hydrogen (secondary N) is 1. The van der Waals surface area contributed by atoms with E-state index in [-0.39, 0.29) is 30.3 Å². The lowest BCUT2D eigenvalue weighted by Gasteiger charge is -2.31. The van der Waals surface area contributed by atoms with Crippen LogP contribution in [0.2, 0.25) is 0 Å². The van der Waals surface area contributed by atoms with Crippen molar-refractivity contribution in [1.82, 2.24) is 9.80 Å². The Balaban J connectivity index is 1.80. The van der Waals surface area contributed by atoms with Gasteiger partial charge in [0.2, 0.25) is 5.91 Å². The molecule has 0 aliphatic rings. The summed E-state index contributed by atoms with van der Waals surface area (Å²) in [4.78, 5) is 31.1. The summed E-state index contributed by atoms with van der Waals surface area (Å²) in [6.45, 7) is 6.59. The molecule has 0 fully saturated rings. The molecule has 3 aromatic rings. The van der Waals surface area contributed by atoms with Crippen molar-refractivity contribution in [2.75, 3.05) is 19.0 Å². The predicted octanol–water partition coefficient (Wildman–Crippen LogP) is 6.07. The smallest absolute Gasteiger partial charge is 0.322 e. The zero-order valence-corrected chi connectivity index (χ0v) is 21.4. The summed E-state index contributed by atoms with van der Waals surface area (Å²) in [7, 11) is 1.57. The van der Waals surface area contributed by atoms with E-state index in [1.807, 2.05) is 32.2 Å². The number of aryl methyl sites for hydroxylation is 1. The third kappa shape index (κ3) is 7.29. The van der Waals surface area contributed by atoms with E-state index in [1.165, 1.54) is 12.1 Å². The van der Waals surface area contributed by atoms with Crippen molar-refractivity contribution < 1.29 is 18.7 Å². The van der Waals surface area contributed by atoms with Gasteiger partial charge in [-0.15, -0.1) is 11.3 Å². The average Bonchev–Trinajstić information content (AvgIpc) is 3.26. The molecule has 0 aliphatic heterocycles. The standard InChI is InChI=1S/C27H32FN3O3S/c1-5-20(3)31(27(33)29-23-7-6-8-24(15-23)34-4)18-26(32)30(17-25-19(2)13-14-35-25)16-21-9-11-22(28)12-10-21/h6-15,20H,5,16-18H2,1-4H3,(H,29,33). The topological polar surface area (TPSA) is 61.9 Å². The predicted molar refractivity (Wildman–Crippen MR) is 138 cm³/mol. The summed E-state index contributed by atoms with van der Waals surface area (Å²) in [6, 6.07) is 14.8. The van der Waals surface area contributed by atoms with Crippen LogP contribution in [0, 0.1) is 12.7 Å². The lowest BCUT2D eigenvalue weighted by molar-refractivity contribution is -0.133. The number of hydrogen-bond acceptors (Lipinski definition) is 4. The highest BCUT2D eigenvalue weighted by Crippen LogP contribution is 2.21. The van der Waals surface area contributed by atoms with Gasteiger partial charge in [-0.1, -0.05) is 25.1 Å². The third-order valence-electron chi connectivity index (χ3n) is 5.95. The second kappa shape index (κ2) is 12.4. The number of benzene rings is 2. The van der Waals surface area contributed by atoms with Crippen molar-refractivity contribution in [3.63, 3.8) is 0 Å². The fraction of sp³-hybridized carbons (Fsp3) is 0.333. The average molecular weight is 498 g/mol. The summed E-state index contributed by atoms with van der Waals surface area (Å²) in [6.07, 6.45) is 0.695. The molecule has 0 aliphatic carbocycles. The molecule has 1 aromatic heterocycles. The number of urea groups is 1. The van der Waals surface area contributed by atoms with Gasteiger partial charge in [-0.3, -0.25) is 4.79 Å². The van der Waals surface area contributed by atoms with Crippen molar-refractivity contribution in [2.24, 2.45) is 0 Å². The Kier molecular flexibility index (Phi) is 9.25. The Morgan fingerprint density at radius 3 is 2.49 bits per heavy atom. The summed E-state index contributed by atoms with van der Waals surface area (Å²) >= 11 is 1.59. The van der Waals surface area contributed by atoms with E-state index < -0.39 is 0 Å². The number of hydrogen-bond donors (Lipinski definition) is 1. The number of ether oxygens (including phenoxy) is 1. The molecule has 0 radical (unpaired) electrons. The van der Waals surface area contributed by atoms with Gasteiger partial charge in [0.1, 0.15) is 18.1 Å². The van der Waals surface area contributed by atoms with Gasteiger partial charge in [0.05, 0.1) is 13.7 Å². The number of carbonyl (C=O) groups excluding carboxylic acids is 2. The number of thiophene rings is 1. The first kappa shape index (κ1) is 26.2. The molecule has 1 unspecified atom stereocenters. The van der Waals surface area contributed by atoms with Crippen LogP contribution in [0.5, 0.6) is 5.75 Å². The van der Waals surface area contributed by atoms with Gasteiger partial charge < -0.3 is 19.9 Å². The minimum Gasteiger partial charge on any atom is -0.497 e. The third-order valence-corrected chi connectivity index (χ3v) is 6.96. The fourth-order valence-corrected chi connectivity index (χ4v) is 4.49. The quantitative estimate of drug-likeness (QED) is 0.370. The molecule has 0 bridgehead atoms. The van der Waals surface area contributed by atoms with Crippen molar-refractivity contribution in [3.05, 3.63) is 81.8 Å². The van der Waals surface area contributed by atoms with Crippen LogP contribution in [0.4, 0.5) is 14.9 Å².